The van der Waals surface area contributed by atoms with Crippen molar-refractivity contribution in [1.82, 2.24) is 0 Å². The topological polar surface area (TPSA) is 18.5 Å². The van der Waals surface area contributed by atoms with Crippen LogP contribution >= 0.6 is 0 Å². The molecular formula is C6H8F2O2. The van der Waals surface area contributed by atoms with Gasteiger partial charge in [-0.1, -0.05) is 6.92 Å². The van der Waals surface area contributed by atoms with E-state index in [9.17, 15) is 8.78 Å². The maximum absolute atomic E-state index is 12.2. The van der Waals surface area contributed by atoms with Gasteiger partial charge < -0.3 is 9.47 Å². The minimum atomic E-state index is -1.26. The molecule has 1 heterocycles. The predicted octanol–water partition coefficient (Wildman–Crippen LogP) is 2.23. The van der Waals surface area contributed by atoms with Gasteiger partial charge in [0.15, 0.2) is 0 Å². The van der Waals surface area contributed by atoms with Crippen molar-refractivity contribution in [3.05, 3.63) is 12.0 Å². The Labute approximate surface area is 57.4 Å². The molecule has 1 aliphatic rings. The first-order valence-electron chi connectivity index (χ1n) is 3.01. The first-order chi connectivity index (χ1) is 4.57. The fourth-order valence-corrected chi connectivity index (χ4v) is 0.625. The molecule has 0 bridgehead atoms. The Morgan fingerprint density at radius 1 is 1.30 bits per heavy atom. The van der Waals surface area contributed by atoms with Crippen molar-refractivity contribution < 1.29 is 18.3 Å². The largest absolute Gasteiger partial charge is 0.424 e. The van der Waals surface area contributed by atoms with Crippen LogP contribution in [0.4, 0.5) is 8.78 Å². The van der Waals surface area contributed by atoms with E-state index in [-0.39, 0.29) is 0 Å². The summed E-state index contributed by atoms with van der Waals surface area (Å²) >= 11 is 0. The van der Waals surface area contributed by atoms with Crippen molar-refractivity contribution >= 4 is 0 Å². The Hall–Kier alpha value is -0.800. The van der Waals surface area contributed by atoms with Crippen molar-refractivity contribution in [2.75, 3.05) is 0 Å². The summed E-state index contributed by atoms with van der Waals surface area (Å²) in [5.74, 6) is -1.14. The highest BCUT2D eigenvalue weighted by molar-refractivity contribution is 4.93. The monoisotopic (exact) mass is 150 g/mol. The molecule has 0 radical (unpaired) electrons. The Kier molecular flexibility index (Phi) is 1.54. The van der Waals surface area contributed by atoms with Gasteiger partial charge in [0, 0.05) is 13.3 Å². The van der Waals surface area contributed by atoms with Crippen molar-refractivity contribution in [3.63, 3.8) is 0 Å². The molecule has 0 unspecified atom stereocenters. The van der Waals surface area contributed by atoms with Crippen LogP contribution in [0.3, 0.4) is 0 Å². The summed E-state index contributed by atoms with van der Waals surface area (Å²) < 4.78 is 33.2. The summed E-state index contributed by atoms with van der Waals surface area (Å²) in [6.07, 6.45) is 0.397. The molecule has 4 heteroatoms. The number of hydrogen-bond acceptors (Lipinski definition) is 2. The molecular weight excluding hydrogens is 142 g/mol. The van der Waals surface area contributed by atoms with E-state index in [2.05, 4.69) is 9.47 Å². The molecule has 0 fully saturated rings. The van der Waals surface area contributed by atoms with E-state index < -0.39 is 17.8 Å². The van der Waals surface area contributed by atoms with Crippen LogP contribution in [0.2, 0.25) is 0 Å². The molecule has 1 rings (SSSR count). The maximum atomic E-state index is 12.2. The van der Waals surface area contributed by atoms with E-state index in [1.165, 1.54) is 6.92 Å². The van der Waals surface area contributed by atoms with Crippen molar-refractivity contribution in [3.8, 4) is 0 Å². The van der Waals surface area contributed by atoms with Gasteiger partial charge in [0.1, 0.15) is 0 Å². The zero-order valence-electron chi connectivity index (χ0n) is 5.78. The summed E-state index contributed by atoms with van der Waals surface area (Å²) in [5, 5.41) is 0. The number of rotatable bonds is 1. The number of halogens is 2. The van der Waals surface area contributed by atoms with Gasteiger partial charge in [-0.05, 0) is 0 Å². The van der Waals surface area contributed by atoms with Gasteiger partial charge in [0.2, 0.25) is 0 Å². The van der Waals surface area contributed by atoms with Gasteiger partial charge in [-0.25, -0.2) is 0 Å². The van der Waals surface area contributed by atoms with Crippen molar-refractivity contribution in [2.24, 2.45) is 0 Å². The van der Waals surface area contributed by atoms with Crippen LogP contribution in [0.1, 0.15) is 20.3 Å². The lowest BCUT2D eigenvalue weighted by molar-refractivity contribution is -0.156. The summed E-state index contributed by atoms with van der Waals surface area (Å²) in [6, 6.07) is -2.52. The lowest BCUT2D eigenvalue weighted by atomic mass is 10.2. The van der Waals surface area contributed by atoms with Gasteiger partial charge in [0.25, 0.3) is 5.79 Å². The lowest BCUT2D eigenvalue weighted by Crippen LogP contribution is -2.24. The van der Waals surface area contributed by atoms with Gasteiger partial charge >= 0.3 is 12.0 Å². The predicted molar refractivity (Wildman–Crippen MR) is 30.1 cm³/mol. The van der Waals surface area contributed by atoms with Crippen LogP contribution in [0.5, 0.6) is 0 Å². The molecule has 0 aliphatic carbocycles. The third-order valence-corrected chi connectivity index (χ3v) is 1.41. The minimum absolute atomic E-state index is 0.397. The standard InChI is InChI=1S/C6H8F2O2/c1-3-6(2)9-4(7)5(8)10-6/h3H2,1-2H3. The van der Waals surface area contributed by atoms with Crippen molar-refractivity contribution in [1.29, 1.82) is 0 Å². The molecule has 0 N–H and O–H groups in total. The first kappa shape index (κ1) is 7.31. The van der Waals surface area contributed by atoms with Gasteiger partial charge in [-0.15, -0.1) is 0 Å². The third kappa shape index (κ3) is 1.05. The van der Waals surface area contributed by atoms with Crippen LogP contribution in [0.25, 0.3) is 0 Å². The molecule has 2 nitrogen and oxygen atoms in total. The highest BCUT2D eigenvalue weighted by atomic mass is 19.2. The van der Waals surface area contributed by atoms with E-state index in [4.69, 9.17) is 0 Å². The third-order valence-electron chi connectivity index (χ3n) is 1.41. The van der Waals surface area contributed by atoms with E-state index in [1.54, 1.807) is 6.92 Å². The molecule has 0 atom stereocenters. The average Bonchev–Trinajstić information content (AvgIpc) is 2.10. The van der Waals surface area contributed by atoms with E-state index >= 15 is 0 Å². The highest BCUT2D eigenvalue weighted by Gasteiger charge is 2.37. The van der Waals surface area contributed by atoms with Crippen LogP contribution in [0.15, 0.2) is 12.0 Å². The maximum Gasteiger partial charge on any atom is 0.350 e. The number of ether oxygens (including phenoxy) is 2. The highest BCUT2D eigenvalue weighted by Crippen LogP contribution is 2.33. The fraction of sp³-hybridized carbons (Fsp3) is 0.667. The second-order valence-corrected chi connectivity index (χ2v) is 2.24. The van der Waals surface area contributed by atoms with E-state index in [0.717, 1.165) is 0 Å². The Bertz CT molecular complexity index is 163. The Morgan fingerprint density at radius 2 is 1.70 bits per heavy atom. The van der Waals surface area contributed by atoms with Crippen molar-refractivity contribution in [2.45, 2.75) is 26.1 Å². The summed E-state index contributed by atoms with van der Waals surface area (Å²) in [4.78, 5) is 0. The Morgan fingerprint density at radius 3 is 1.90 bits per heavy atom. The van der Waals surface area contributed by atoms with Gasteiger partial charge in [0.05, 0.1) is 0 Å². The molecule has 0 spiro atoms. The second kappa shape index (κ2) is 2.11. The van der Waals surface area contributed by atoms with E-state index in [1.807, 2.05) is 0 Å². The van der Waals surface area contributed by atoms with Crippen LogP contribution in [-0.2, 0) is 9.47 Å². The quantitative estimate of drug-likeness (QED) is 0.570. The zero-order valence-corrected chi connectivity index (χ0v) is 5.78. The normalized spacial score (nSPS) is 22.4. The van der Waals surface area contributed by atoms with Crippen LogP contribution < -0.4 is 0 Å². The lowest BCUT2D eigenvalue weighted by Gasteiger charge is -2.19. The molecule has 0 aromatic carbocycles. The molecule has 0 saturated carbocycles. The Balaban J connectivity index is 2.66. The molecule has 1 aliphatic heterocycles. The fourth-order valence-electron chi connectivity index (χ4n) is 0.625. The SMILES string of the molecule is CCC1(C)OC(F)=C(F)O1. The average molecular weight is 150 g/mol. The molecule has 0 saturated heterocycles. The zero-order chi connectivity index (χ0) is 7.78. The van der Waals surface area contributed by atoms with Gasteiger partial charge in [-0.3, -0.25) is 0 Å². The minimum Gasteiger partial charge on any atom is -0.424 e. The first-order valence-corrected chi connectivity index (χ1v) is 3.01. The molecule has 0 aromatic rings. The number of hydrogen-bond donors (Lipinski definition) is 0. The summed E-state index contributed by atoms with van der Waals surface area (Å²) in [7, 11) is 0. The molecule has 0 amide bonds. The molecule has 10 heavy (non-hydrogen) atoms. The van der Waals surface area contributed by atoms with E-state index in [0.29, 0.717) is 6.42 Å². The second-order valence-electron chi connectivity index (χ2n) is 2.24. The molecule has 0 aromatic heterocycles. The summed E-state index contributed by atoms with van der Waals surface area (Å²) in [5.41, 5.74) is 0. The van der Waals surface area contributed by atoms with Crippen LogP contribution in [-0.4, -0.2) is 5.79 Å². The summed E-state index contributed by atoms with van der Waals surface area (Å²) in [6.45, 7) is 3.19. The van der Waals surface area contributed by atoms with Gasteiger partial charge in [-0.2, -0.15) is 8.78 Å². The van der Waals surface area contributed by atoms with Crippen LogP contribution in [0, 0.1) is 0 Å². The molecule has 58 valence electrons. The smallest absolute Gasteiger partial charge is 0.350 e.